The minimum Gasteiger partial charge on any atom is -0.394 e. The molecule has 0 aromatic carbocycles. The van der Waals surface area contributed by atoms with Crippen molar-refractivity contribution in [2.24, 2.45) is 0 Å². The van der Waals surface area contributed by atoms with Gasteiger partial charge in [0.2, 0.25) is 5.28 Å². The maximum atomic E-state index is 5.90. The zero-order chi connectivity index (χ0) is 11.5. The van der Waals surface area contributed by atoms with Gasteiger partial charge in [0.25, 0.3) is 0 Å². The maximum Gasteiger partial charge on any atom is 0.224 e. The van der Waals surface area contributed by atoms with Crippen LogP contribution in [-0.2, 0) is 0 Å². The van der Waals surface area contributed by atoms with E-state index in [4.69, 9.17) is 17.3 Å². The maximum absolute atomic E-state index is 5.90. The minimum atomic E-state index is 0.228. The first-order valence-corrected chi connectivity index (χ1v) is 5.86. The summed E-state index contributed by atoms with van der Waals surface area (Å²) >= 11 is 5.80. The van der Waals surface area contributed by atoms with Gasteiger partial charge in [-0.25, -0.2) is 9.99 Å². The molecule has 0 saturated carbocycles. The number of nitrogens with two attached hydrogens (primary N) is 1. The summed E-state index contributed by atoms with van der Waals surface area (Å²) in [6, 6.07) is 0. The molecule has 0 unspecified atom stereocenters. The first-order valence-electron chi connectivity index (χ1n) is 5.48. The smallest absolute Gasteiger partial charge is 0.224 e. The molecule has 1 saturated heterocycles. The highest BCUT2D eigenvalue weighted by Crippen LogP contribution is 2.22. The highest BCUT2D eigenvalue weighted by atomic mass is 35.5. The molecule has 1 aromatic rings. The van der Waals surface area contributed by atoms with Crippen molar-refractivity contribution in [3.63, 3.8) is 0 Å². The average Bonchev–Trinajstić information content (AvgIpc) is 2.27. The molecule has 0 atom stereocenters. The van der Waals surface area contributed by atoms with Crippen LogP contribution in [0.25, 0.3) is 0 Å². The van der Waals surface area contributed by atoms with Crippen LogP contribution in [0, 0.1) is 6.92 Å². The van der Waals surface area contributed by atoms with E-state index in [9.17, 15) is 0 Å². The SMILES string of the molecule is Cc1nc(Cl)nc(NN2CCCCC2)c1N. The van der Waals surface area contributed by atoms with Gasteiger partial charge in [0, 0.05) is 13.1 Å². The molecular weight excluding hydrogens is 226 g/mol. The Kier molecular flexibility index (Phi) is 3.46. The number of hydrogen-bond acceptors (Lipinski definition) is 5. The molecule has 0 aliphatic carbocycles. The topological polar surface area (TPSA) is 67.1 Å². The number of hydrazine groups is 1. The molecule has 0 bridgehead atoms. The number of halogens is 1. The van der Waals surface area contributed by atoms with E-state index in [2.05, 4.69) is 20.4 Å². The third-order valence-corrected chi connectivity index (χ3v) is 2.90. The number of nitrogens with one attached hydrogen (secondary N) is 1. The first-order chi connectivity index (χ1) is 7.66. The number of hydrogen-bond donors (Lipinski definition) is 2. The van der Waals surface area contributed by atoms with E-state index in [-0.39, 0.29) is 5.28 Å². The molecule has 1 fully saturated rings. The summed E-state index contributed by atoms with van der Waals surface area (Å²) in [6.45, 7) is 3.85. The second kappa shape index (κ2) is 4.84. The zero-order valence-corrected chi connectivity index (χ0v) is 10.1. The Morgan fingerprint density at radius 3 is 2.62 bits per heavy atom. The Labute approximate surface area is 100.0 Å². The molecule has 0 amide bonds. The number of piperidine rings is 1. The van der Waals surface area contributed by atoms with Gasteiger partial charge in [0.05, 0.1) is 11.4 Å². The van der Waals surface area contributed by atoms with Gasteiger partial charge in [0.15, 0.2) is 5.82 Å². The van der Waals surface area contributed by atoms with Crippen LogP contribution >= 0.6 is 11.6 Å². The molecule has 5 nitrogen and oxygen atoms in total. The van der Waals surface area contributed by atoms with E-state index >= 15 is 0 Å². The van der Waals surface area contributed by atoms with E-state index in [0.717, 1.165) is 13.1 Å². The lowest BCUT2D eigenvalue weighted by atomic mass is 10.2. The van der Waals surface area contributed by atoms with Gasteiger partial charge < -0.3 is 11.2 Å². The van der Waals surface area contributed by atoms with Crippen LogP contribution in [0.2, 0.25) is 5.28 Å². The quantitative estimate of drug-likeness (QED) is 0.774. The molecule has 0 radical (unpaired) electrons. The van der Waals surface area contributed by atoms with Crippen molar-refractivity contribution in [2.75, 3.05) is 24.2 Å². The fourth-order valence-corrected chi connectivity index (χ4v) is 2.00. The summed E-state index contributed by atoms with van der Waals surface area (Å²) in [5, 5.41) is 2.35. The van der Waals surface area contributed by atoms with E-state index in [1.54, 1.807) is 0 Å². The van der Waals surface area contributed by atoms with Crippen molar-refractivity contribution in [3.05, 3.63) is 11.0 Å². The van der Waals surface area contributed by atoms with Crippen LogP contribution < -0.4 is 11.2 Å². The Hall–Kier alpha value is -1.07. The summed E-state index contributed by atoms with van der Waals surface area (Å²) in [7, 11) is 0. The van der Waals surface area contributed by atoms with Gasteiger partial charge in [-0.15, -0.1) is 0 Å². The van der Waals surface area contributed by atoms with Crippen molar-refractivity contribution in [1.82, 2.24) is 15.0 Å². The highest BCUT2D eigenvalue weighted by Gasteiger charge is 2.13. The van der Waals surface area contributed by atoms with Crippen molar-refractivity contribution < 1.29 is 0 Å². The summed E-state index contributed by atoms with van der Waals surface area (Å²) in [6.07, 6.45) is 3.69. The predicted octanol–water partition coefficient (Wildman–Crippen LogP) is 1.83. The molecule has 2 heterocycles. The standard InChI is InChI=1S/C10H16ClN5/c1-7-8(12)9(14-10(11)13-7)15-16-5-3-2-4-6-16/h2-6,12H2,1H3,(H,13,14,15). The van der Waals surface area contributed by atoms with Crippen molar-refractivity contribution in [3.8, 4) is 0 Å². The monoisotopic (exact) mass is 241 g/mol. The van der Waals surface area contributed by atoms with Crippen molar-refractivity contribution in [2.45, 2.75) is 26.2 Å². The summed E-state index contributed by atoms with van der Waals surface area (Å²) in [4.78, 5) is 8.10. The largest absolute Gasteiger partial charge is 0.394 e. The van der Waals surface area contributed by atoms with E-state index in [0.29, 0.717) is 17.2 Å². The lowest BCUT2D eigenvalue weighted by molar-refractivity contribution is 0.272. The molecule has 6 heteroatoms. The molecule has 3 N–H and O–H groups in total. The molecule has 1 aromatic heterocycles. The Morgan fingerprint density at radius 2 is 1.94 bits per heavy atom. The fourth-order valence-electron chi connectivity index (χ4n) is 1.79. The lowest BCUT2D eigenvalue weighted by Crippen LogP contribution is -2.35. The van der Waals surface area contributed by atoms with Gasteiger partial charge in [-0.1, -0.05) is 6.42 Å². The number of nitrogen functional groups attached to an aromatic ring is 1. The molecule has 1 aliphatic rings. The molecule has 1 aliphatic heterocycles. The second-order valence-electron chi connectivity index (χ2n) is 4.00. The fraction of sp³-hybridized carbons (Fsp3) is 0.600. The third-order valence-electron chi connectivity index (χ3n) is 2.73. The predicted molar refractivity (Wildman–Crippen MR) is 65.2 cm³/mol. The zero-order valence-electron chi connectivity index (χ0n) is 9.33. The first kappa shape index (κ1) is 11.4. The summed E-state index contributed by atoms with van der Waals surface area (Å²) < 4.78 is 0. The van der Waals surface area contributed by atoms with E-state index in [1.807, 2.05) is 6.92 Å². The van der Waals surface area contributed by atoms with Crippen molar-refractivity contribution in [1.29, 1.82) is 0 Å². The lowest BCUT2D eigenvalue weighted by Gasteiger charge is -2.27. The molecule has 88 valence electrons. The Balaban J connectivity index is 2.13. The summed E-state index contributed by atoms with van der Waals surface area (Å²) in [5.74, 6) is 0.611. The van der Waals surface area contributed by atoms with E-state index in [1.165, 1.54) is 19.3 Å². The Bertz CT molecular complexity index is 376. The summed E-state index contributed by atoms with van der Waals surface area (Å²) in [5.41, 5.74) is 10.4. The number of anilines is 2. The van der Waals surface area contributed by atoms with Gasteiger partial charge in [-0.2, -0.15) is 4.98 Å². The van der Waals surface area contributed by atoms with Crippen molar-refractivity contribution >= 4 is 23.1 Å². The average molecular weight is 242 g/mol. The van der Waals surface area contributed by atoms with Gasteiger partial charge >= 0.3 is 0 Å². The minimum absolute atomic E-state index is 0.228. The number of aryl methyl sites for hydroxylation is 1. The van der Waals surface area contributed by atoms with Gasteiger partial charge in [-0.3, -0.25) is 0 Å². The molecule has 16 heavy (non-hydrogen) atoms. The van der Waals surface area contributed by atoms with Crippen LogP contribution in [0.4, 0.5) is 11.5 Å². The second-order valence-corrected chi connectivity index (χ2v) is 4.34. The molecule has 0 spiro atoms. The van der Waals surface area contributed by atoms with Crippen LogP contribution in [0.3, 0.4) is 0 Å². The van der Waals surface area contributed by atoms with Crippen LogP contribution in [0.1, 0.15) is 25.0 Å². The number of nitrogens with zero attached hydrogens (tertiary/aromatic N) is 3. The van der Waals surface area contributed by atoms with Crippen LogP contribution in [0.15, 0.2) is 0 Å². The molecular formula is C10H16ClN5. The Morgan fingerprint density at radius 1 is 1.25 bits per heavy atom. The van der Waals surface area contributed by atoms with Crippen LogP contribution in [0.5, 0.6) is 0 Å². The van der Waals surface area contributed by atoms with Gasteiger partial charge in [-0.05, 0) is 31.4 Å². The van der Waals surface area contributed by atoms with Gasteiger partial charge in [0.1, 0.15) is 0 Å². The third kappa shape index (κ3) is 2.54. The molecule has 2 rings (SSSR count). The number of rotatable bonds is 2. The highest BCUT2D eigenvalue weighted by molar-refractivity contribution is 6.28. The van der Waals surface area contributed by atoms with E-state index < -0.39 is 0 Å². The number of aromatic nitrogens is 2. The normalized spacial score (nSPS) is 17.4. The van der Waals surface area contributed by atoms with Crippen LogP contribution in [-0.4, -0.2) is 28.1 Å².